The summed E-state index contributed by atoms with van der Waals surface area (Å²) in [4.78, 5) is 15.6. The van der Waals surface area contributed by atoms with E-state index in [0.717, 1.165) is 5.56 Å². The molecule has 0 aliphatic carbocycles. The van der Waals surface area contributed by atoms with Gasteiger partial charge in [-0.2, -0.15) is 0 Å². The molecule has 0 aliphatic rings. The van der Waals surface area contributed by atoms with Gasteiger partial charge in [-0.3, -0.25) is 4.99 Å². The molecule has 0 heterocycles. The van der Waals surface area contributed by atoms with E-state index >= 15 is 0 Å². The summed E-state index contributed by atoms with van der Waals surface area (Å²) in [7, 11) is 4.34. The number of aliphatic imine (C=N–C) groups is 1. The van der Waals surface area contributed by atoms with Gasteiger partial charge < -0.3 is 19.3 Å². The molecule has 124 valence electrons. The highest BCUT2D eigenvalue weighted by atomic mass is 16.5. The normalized spacial score (nSPS) is 12.3. The Labute approximate surface area is 135 Å². The SMILES string of the molecule is CCN=CC(C(=O)OC)=C(O)C=Cc1ccc(OC)c(OC)c1. The highest BCUT2D eigenvalue weighted by molar-refractivity contribution is 6.10. The maximum Gasteiger partial charge on any atom is 0.343 e. The van der Waals surface area contributed by atoms with Gasteiger partial charge in [0.15, 0.2) is 11.5 Å². The standard InChI is InChI=1S/C17H21NO5/c1-5-18-11-13(17(20)23-4)14(19)8-6-12-7-9-15(21-2)16(10-12)22-3/h6-11,19H,5H2,1-4H3. The van der Waals surface area contributed by atoms with Crippen molar-refractivity contribution in [3.8, 4) is 11.5 Å². The molecule has 1 aromatic carbocycles. The molecule has 0 saturated carbocycles. The van der Waals surface area contributed by atoms with Crippen LogP contribution in [-0.4, -0.2) is 45.2 Å². The number of methoxy groups -OCH3 is 3. The number of aliphatic hydroxyl groups is 1. The molecule has 1 rings (SSSR count). The molecule has 0 atom stereocenters. The lowest BCUT2D eigenvalue weighted by molar-refractivity contribution is -0.135. The number of hydrogen-bond donors (Lipinski definition) is 1. The number of esters is 1. The third-order valence-corrected chi connectivity index (χ3v) is 2.93. The number of aliphatic hydroxyl groups excluding tert-OH is 1. The zero-order chi connectivity index (χ0) is 17.2. The third kappa shape index (κ3) is 5.18. The molecule has 6 nitrogen and oxygen atoms in total. The van der Waals surface area contributed by atoms with Crippen LogP contribution in [0.5, 0.6) is 11.5 Å². The Kier molecular flexibility index (Phi) is 7.39. The fourth-order valence-corrected chi connectivity index (χ4v) is 1.74. The van der Waals surface area contributed by atoms with Gasteiger partial charge in [-0.15, -0.1) is 0 Å². The average molecular weight is 319 g/mol. The summed E-state index contributed by atoms with van der Waals surface area (Å²) >= 11 is 0. The van der Waals surface area contributed by atoms with E-state index in [1.807, 2.05) is 6.92 Å². The van der Waals surface area contributed by atoms with E-state index in [2.05, 4.69) is 9.73 Å². The van der Waals surface area contributed by atoms with Crippen molar-refractivity contribution >= 4 is 18.3 Å². The molecular formula is C17H21NO5. The minimum Gasteiger partial charge on any atom is -0.507 e. The van der Waals surface area contributed by atoms with Crippen LogP contribution in [-0.2, 0) is 9.53 Å². The average Bonchev–Trinajstić information content (AvgIpc) is 2.59. The molecule has 0 aromatic heterocycles. The zero-order valence-electron chi connectivity index (χ0n) is 13.7. The number of allylic oxidation sites excluding steroid dienone is 1. The summed E-state index contributed by atoms with van der Waals surface area (Å²) in [6.07, 6.45) is 4.33. The van der Waals surface area contributed by atoms with Crippen molar-refractivity contribution in [2.75, 3.05) is 27.9 Å². The van der Waals surface area contributed by atoms with Gasteiger partial charge in [-0.25, -0.2) is 4.79 Å². The van der Waals surface area contributed by atoms with Crippen LogP contribution in [0.3, 0.4) is 0 Å². The fourth-order valence-electron chi connectivity index (χ4n) is 1.74. The maximum atomic E-state index is 11.7. The third-order valence-electron chi connectivity index (χ3n) is 2.93. The van der Waals surface area contributed by atoms with Gasteiger partial charge in [-0.1, -0.05) is 12.1 Å². The minimum absolute atomic E-state index is 0.00826. The predicted octanol–water partition coefficient (Wildman–Crippen LogP) is 2.79. The second-order valence-electron chi connectivity index (χ2n) is 4.37. The molecule has 0 aliphatic heterocycles. The number of carbonyl (C=O) groups is 1. The van der Waals surface area contributed by atoms with E-state index in [0.29, 0.717) is 18.0 Å². The number of hydrogen-bond acceptors (Lipinski definition) is 6. The van der Waals surface area contributed by atoms with Gasteiger partial charge in [-0.05, 0) is 30.7 Å². The summed E-state index contributed by atoms with van der Waals surface area (Å²) < 4.78 is 15.0. The highest BCUT2D eigenvalue weighted by Gasteiger charge is 2.12. The van der Waals surface area contributed by atoms with E-state index in [9.17, 15) is 9.90 Å². The van der Waals surface area contributed by atoms with Crippen LogP contribution in [0.25, 0.3) is 6.08 Å². The van der Waals surface area contributed by atoms with Gasteiger partial charge in [0.05, 0.1) is 21.3 Å². The second-order valence-corrected chi connectivity index (χ2v) is 4.37. The van der Waals surface area contributed by atoms with Crippen LogP contribution in [0.1, 0.15) is 12.5 Å². The Balaban J connectivity index is 3.11. The summed E-state index contributed by atoms with van der Waals surface area (Å²) in [5, 5.41) is 10.1. The first-order valence-electron chi connectivity index (χ1n) is 6.98. The molecule has 6 heteroatoms. The molecule has 0 unspecified atom stereocenters. The molecular weight excluding hydrogens is 298 g/mol. The lowest BCUT2D eigenvalue weighted by Gasteiger charge is -2.07. The van der Waals surface area contributed by atoms with E-state index < -0.39 is 5.97 Å². The zero-order valence-corrected chi connectivity index (χ0v) is 13.7. The number of rotatable bonds is 7. The number of ether oxygens (including phenoxy) is 3. The van der Waals surface area contributed by atoms with Crippen molar-refractivity contribution < 1.29 is 24.1 Å². The van der Waals surface area contributed by atoms with Crippen LogP contribution in [0, 0.1) is 0 Å². The van der Waals surface area contributed by atoms with E-state index in [-0.39, 0.29) is 11.3 Å². The maximum absolute atomic E-state index is 11.7. The molecule has 23 heavy (non-hydrogen) atoms. The molecule has 0 bridgehead atoms. The lowest BCUT2D eigenvalue weighted by atomic mass is 10.1. The summed E-state index contributed by atoms with van der Waals surface area (Å²) in [6, 6.07) is 5.29. The Morgan fingerprint density at radius 1 is 1.22 bits per heavy atom. The van der Waals surface area contributed by atoms with Crippen molar-refractivity contribution in [3.05, 3.63) is 41.2 Å². The van der Waals surface area contributed by atoms with Crippen molar-refractivity contribution in [2.24, 2.45) is 4.99 Å². The number of nitrogens with zero attached hydrogens (tertiary/aromatic N) is 1. The topological polar surface area (TPSA) is 77.4 Å². The number of carbonyl (C=O) groups excluding carboxylic acids is 1. The van der Waals surface area contributed by atoms with Crippen molar-refractivity contribution in [1.82, 2.24) is 0 Å². The highest BCUT2D eigenvalue weighted by Crippen LogP contribution is 2.28. The molecule has 1 N–H and O–H groups in total. The second kappa shape index (κ2) is 9.30. The Bertz CT molecular complexity index is 632. The van der Waals surface area contributed by atoms with Gasteiger partial charge in [0.25, 0.3) is 0 Å². The van der Waals surface area contributed by atoms with Crippen molar-refractivity contribution in [2.45, 2.75) is 6.92 Å². The van der Waals surface area contributed by atoms with Gasteiger partial charge in [0.2, 0.25) is 0 Å². The predicted molar refractivity (Wildman–Crippen MR) is 89.3 cm³/mol. The fraction of sp³-hybridized carbons (Fsp3) is 0.294. The quantitative estimate of drug-likeness (QED) is 0.275. The Morgan fingerprint density at radius 2 is 1.91 bits per heavy atom. The first kappa shape index (κ1) is 18.3. The monoisotopic (exact) mass is 319 g/mol. The molecule has 1 aromatic rings. The Morgan fingerprint density at radius 3 is 2.48 bits per heavy atom. The van der Waals surface area contributed by atoms with Crippen molar-refractivity contribution in [3.63, 3.8) is 0 Å². The molecule has 0 amide bonds. The molecule has 0 fully saturated rings. The summed E-state index contributed by atoms with van der Waals surface area (Å²) in [6.45, 7) is 2.31. The lowest BCUT2D eigenvalue weighted by Crippen LogP contribution is -2.08. The summed E-state index contributed by atoms with van der Waals surface area (Å²) in [5.41, 5.74) is 0.761. The molecule has 0 radical (unpaired) electrons. The van der Waals surface area contributed by atoms with Crippen LogP contribution >= 0.6 is 0 Å². The van der Waals surface area contributed by atoms with Gasteiger partial charge >= 0.3 is 5.97 Å². The van der Waals surface area contributed by atoms with Gasteiger partial charge in [0, 0.05) is 12.8 Å². The summed E-state index contributed by atoms with van der Waals surface area (Å²) in [5.74, 6) is 0.286. The minimum atomic E-state index is -0.656. The first-order valence-corrected chi connectivity index (χ1v) is 6.98. The molecule has 0 spiro atoms. The largest absolute Gasteiger partial charge is 0.507 e. The van der Waals surface area contributed by atoms with E-state index in [1.165, 1.54) is 19.4 Å². The van der Waals surface area contributed by atoms with Gasteiger partial charge in [0.1, 0.15) is 11.3 Å². The van der Waals surface area contributed by atoms with Crippen LogP contribution in [0.15, 0.2) is 40.6 Å². The van der Waals surface area contributed by atoms with Crippen LogP contribution in [0.2, 0.25) is 0 Å². The smallest absolute Gasteiger partial charge is 0.343 e. The van der Waals surface area contributed by atoms with E-state index in [4.69, 9.17) is 9.47 Å². The van der Waals surface area contributed by atoms with Crippen LogP contribution in [0.4, 0.5) is 0 Å². The van der Waals surface area contributed by atoms with Crippen molar-refractivity contribution in [1.29, 1.82) is 0 Å². The van der Waals surface area contributed by atoms with Crippen LogP contribution < -0.4 is 9.47 Å². The molecule has 0 saturated heterocycles. The first-order chi connectivity index (χ1) is 11.1. The Hall–Kier alpha value is -2.76. The van der Waals surface area contributed by atoms with E-state index in [1.54, 1.807) is 38.5 Å². The number of benzene rings is 1.